The molecule has 94 valence electrons. The third-order valence-electron chi connectivity index (χ3n) is 2.03. The molecule has 0 atom stereocenters. The Kier molecular flexibility index (Phi) is 4.36. The van der Waals surface area contributed by atoms with E-state index in [2.05, 4.69) is 9.46 Å². The van der Waals surface area contributed by atoms with E-state index >= 15 is 0 Å². The van der Waals surface area contributed by atoms with Crippen molar-refractivity contribution < 1.29 is 17.9 Å². The first-order valence-electron chi connectivity index (χ1n) is 4.78. The van der Waals surface area contributed by atoms with E-state index in [9.17, 15) is 13.2 Å². The second-order valence-corrected chi connectivity index (χ2v) is 5.63. The highest BCUT2D eigenvalue weighted by Crippen LogP contribution is 2.22. The molecule has 0 fully saturated rings. The Balaban J connectivity index is 3.21. The van der Waals surface area contributed by atoms with Gasteiger partial charge in [0.05, 0.1) is 24.1 Å². The zero-order chi connectivity index (χ0) is 13.1. The van der Waals surface area contributed by atoms with Gasteiger partial charge in [-0.05, 0) is 25.1 Å². The predicted octanol–water partition coefficient (Wildman–Crippen LogP) is 1.89. The molecule has 0 spiro atoms. The highest BCUT2D eigenvalue weighted by atomic mass is 35.5. The molecule has 5 nitrogen and oxygen atoms in total. The molecule has 1 rings (SSSR count). The van der Waals surface area contributed by atoms with Crippen LogP contribution in [0.1, 0.15) is 17.3 Å². The summed E-state index contributed by atoms with van der Waals surface area (Å²) in [6.45, 7) is 1.49. The van der Waals surface area contributed by atoms with Crippen LogP contribution in [0.25, 0.3) is 0 Å². The van der Waals surface area contributed by atoms with E-state index in [1.807, 2.05) is 0 Å². The van der Waals surface area contributed by atoms with Gasteiger partial charge in [-0.3, -0.25) is 4.72 Å². The fourth-order valence-electron chi connectivity index (χ4n) is 1.13. The number of esters is 1. The Bertz CT molecular complexity index is 527. The van der Waals surface area contributed by atoms with Gasteiger partial charge in [-0.25, -0.2) is 13.2 Å². The summed E-state index contributed by atoms with van der Waals surface area (Å²) in [6.07, 6.45) is 0. The van der Waals surface area contributed by atoms with E-state index < -0.39 is 16.0 Å². The van der Waals surface area contributed by atoms with Gasteiger partial charge in [0.15, 0.2) is 0 Å². The Morgan fingerprint density at radius 2 is 2.12 bits per heavy atom. The lowest BCUT2D eigenvalue weighted by molar-refractivity contribution is 0.0602. The van der Waals surface area contributed by atoms with Crippen molar-refractivity contribution >= 4 is 33.3 Å². The summed E-state index contributed by atoms with van der Waals surface area (Å²) in [5.41, 5.74) is 0.236. The Labute approximate surface area is 105 Å². The maximum absolute atomic E-state index is 11.4. The van der Waals surface area contributed by atoms with E-state index in [0.29, 0.717) is 5.02 Å². The molecule has 17 heavy (non-hydrogen) atoms. The number of carbonyl (C=O) groups excluding carboxylic acids is 1. The second-order valence-electron chi connectivity index (χ2n) is 3.19. The average molecular weight is 278 g/mol. The van der Waals surface area contributed by atoms with Gasteiger partial charge in [-0.1, -0.05) is 11.6 Å². The molecule has 1 N–H and O–H groups in total. The monoisotopic (exact) mass is 277 g/mol. The van der Waals surface area contributed by atoms with Crippen molar-refractivity contribution in [3.63, 3.8) is 0 Å². The lowest BCUT2D eigenvalue weighted by Crippen LogP contribution is -2.17. The van der Waals surface area contributed by atoms with Crippen molar-refractivity contribution in [2.75, 3.05) is 17.6 Å². The molecule has 0 bridgehead atoms. The minimum atomic E-state index is -3.47. The molecule has 0 saturated heterocycles. The number of anilines is 1. The Hall–Kier alpha value is -1.27. The van der Waals surface area contributed by atoms with Gasteiger partial charge in [-0.15, -0.1) is 0 Å². The van der Waals surface area contributed by atoms with Crippen molar-refractivity contribution in [2.45, 2.75) is 6.92 Å². The van der Waals surface area contributed by atoms with E-state index in [0.717, 1.165) is 0 Å². The van der Waals surface area contributed by atoms with Crippen LogP contribution in [0.2, 0.25) is 5.02 Å². The van der Waals surface area contributed by atoms with Gasteiger partial charge in [0, 0.05) is 5.02 Å². The number of nitrogens with one attached hydrogen (secondary N) is 1. The van der Waals surface area contributed by atoms with Gasteiger partial charge in [0.1, 0.15) is 0 Å². The second kappa shape index (κ2) is 5.37. The van der Waals surface area contributed by atoms with Crippen molar-refractivity contribution in [1.29, 1.82) is 0 Å². The number of benzene rings is 1. The molecule has 0 heterocycles. The van der Waals surface area contributed by atoms with Gasteiger partial charge in [0.2, 0.25) is 10.0 Å². The van der Waals surface area contributed by atoms with Crippen molar-refractivity contribution in [3.05, 3.63) is 28.8 Å². The number of hydrogen-bond donors (Lipinski definition) is 1. The van der Waals surface area contributed by atoms with Crippen LogP contribution in [0.3, 0.4) is 0 Å². The number of ether oxygens (including phenoxy) is 1. The zero-order valence-corrected chi connectivity index (χ0v) is 10.9. The third kappa shape index (κ3) is 3.61. The molecule has 0 radical (unpaired) electrons. The van der Waals surface area contributed by atoms with Crippen molar-refractivity contribution in [2.24, 2.45) is 0 Å². The van der Waals surface area contributed by atoms with E-state index in [1.54, 1.807) is 0 Å². The molecule has 0 saturated carbocycles. The van der Waals surface area contributed by atoms with Crippen LogP contribution < -0.4 is 4.72 Å². The highest BCUT2D eigenvalue weighted by molar-refractivity contribution is 7.92. The quantitative estimate of drug-likeness (QED) is 0.853. The highest BCUT2D eigenvalue weighted by Gasteiger charge is 2.16. The molecule has 1 aromatic carbocycles. The first-order valence-corrected chi connectivity index (χ1v) is 6.81. The van der Waals surface area contributed by atoms with Crippen LogP contribution in [0, 0.1) is 0 Å². The molecule has 1 aromatic rings. The van der Waals surface area contributed by atoms with Crippen LogP contribution >= 0.6 is 11.6 Å². The molecule has 0 aliphatic heterocycles. The largest absolute Gasteiger partial charge is 0.465 e. The number of halogens is 1. The summed E-state index contributed by atoms with van der Waals surface area (Å²) >= 11 is 5.75. The zero-order valence-electron chi connectivity index (χ0n) is 9.36. The molecule has 0 amide bonds. The molecule has 0 unspecified atom stereocenters. The lowest BCUT2D eigenvalue weighted by atomic mass is 10.2. The molecule has 7 heteroatoms. The molecule has 0 aliphatic carbocycles. The topological polar surface area (TPSA) is 72.5 Å². The molecular formula is C10H12ClNO4S. The SMILES string of the molecule is CCS(=O)(=O)Nc1cc(Cl)ccc1C(=O)OC. The first-order chi connectivity index (χ1) is 7.89. The van der Waals surface area contributed by atoms with Crippen molar-refractivity contribution in [3.8, 4) is 0 Å². The van der Waals surface area contributed by atoms with Crippen LogP contribution in [-0.2, 0) is 14.8 Å². The third-order valence-corrected chi connectivity index (χ3v) is 3.56. The summed E-state index contributed by atoms with van der Waals surface area (Å²) in [5, 5.41) is 0.325. The van der Waals surface area contributed by atoms with Gasteiger partial charge in [0.25, 0.3) is 0 Å². The smallest absolute Gasteiger partial charge is 0.339 e. The number of sulfonamides is 1. The minimum absolute atomic E-state index is 0.0971. The normalized spacial score (nSPS) is 11.0. The summed E-state index contributed by atoms with van der Waals surface area (Å²) in [7, 11) is -2.25. The summed E-state index contributed by atoms with van der Waals surface area (Å²) in [6, 6.07) is 4.25. The minimum Gasteiger partial charge on any atom is -0.465 e. The lowest BCUT2D eigenvalue weighted by Gasteiger charge is -2.10. The Morgan fingerprint density at radius 1 is 1.47 bits per heavy atom. The van der Waals surface area contributed by atoms with E-state index in [-0.39, 0.29) is 17.0 Å². The summed E-state index contributed by atoms with van der Waals surface area (Å²) < 4.78 is 29.7. The number of rotatable bonds is 4. The predicted molar refractivity (Wildman–Crippen MR) is 65.9 cm³/mol. The van der Waals surface area contributed by atoms with Crippen LogP contribution in [0.4, 0.5) is 5.69 Å². The standard InChI is InChI=1S/C10H12ClNO4S/c1-3-17(14,15)12-9-6-7(11)4-5-8(9)10(13)16-2/h4-6,12H,3H2,1-2H3. The summed E-state index contributed by atoms with van der Waals surface area (Å²) in [4.78, 5) is 11.4. The number of hydrogen-bond acceptors (Lipinski definition) is 4. The Morgan fingerprint density at radius 3 is 2.65 bits per heavy atom. The van der Waals surface area contributed by atoms with Crippen LogP contribution in [0.15, 0.2) is 18.2 Å². The van der Waals surface area contributed by atoms with Gasteiger partial charge < -0.3 is 4.74 Å². The molecular weight excluding hydrogens is 266 g/mol. The molecule has 0 aliphatic rings. The van der Waals surface area contributed by atoms with Crippen LogP contribution in [0.5, 0.6) is 0 Å². The van der Waals surface area contributed by atoms with E-state index in [4.69, 9.17) is 11.6 Å². The van der Waals surface area contributed by atoms with Crippen LogP contribution in [-0.4, -0.2) is 27.2 Å². The average Bonchev–Trinajstić information content (AvgIpc) is 2.28. The maximum atomic E-state index is 11.4. The first kappa shape index (κ1) is 13.8. The van der Waals surface area contributed by atoms with Gasteiger partial charge >= 0.3 is 5.97 Å². The fourth-order valence-corrected chi connectivity index (χ4v) is 1.95. The van der Waals surface area contributed by atoms with Crippen molar-refractivity contribution in [1.82, 2.24) is 0 Å². The van der Waals surface area contributed by atoms with Gasteiger partial charge in [-0.2, -0.15) is 0 Å². The number of carbonyl (C=O) groups is 1. The fraction of sp³-hybridized carbons (Fsp3) is 0.300. The number of methoxy groups -OCH3 is 1. The summed E-state index contributed by atoms with van der Waals surface area (Å²) in [5.74, 6) is -0.726. The van der Waals surface area contributed by atoms with E-state index in [1.165, 1.54) is 32.2 Å². The molecule has 0 aromatic heterocycles. The maximum Gasteiger partial charge on any atom is 0.339 e.